The highest BCUT2D eigenvalue weighted by Gasteiger charge is 2.05. The van der Waals surface area contributed by atoms with E-state index in [0.29, 0.717) is 0 Å². The van der Waals surface area contributed by atoms with Crippen LogP contribution >= 0.6 is 0 Å². The molecule has 0 bridgehead atoms. The average Bonchev–Trinajstić information content (AvgIpc) is 2.86. The molecule has 0 saturated carbocycles. The van der Waals surface area contributed by atoms with E-state index in [9.17, 15) is 0 Å². The van der Waals surface area contributed by atoms with Gasteiger partial charge < -0.3 is 5.32 Å². The summed E-state index contributed by atoms with van der Waals surface area (Å²) in [5.41, 5.74) is 3.27. The fraction of sp³-hybridized carbons (Fsp3) is 0.154. The third kappa shape index (κ3) is 1.90. The van der Waals surface area contributed by atoms with E-state index in [4.69, 9.17) is 0 Å². The first kappa shape index (κ1) is 10.7. The summed E-state index contributed by atoms with van der Waals surface area (Å²) in [6, 6.07) is 8.29. The minimum Gasteiger partial charge on any atom is -0.365 e. The Morgan fingerprint density at radius 1 is 1.22 bits per heavy atom. The van der Waals surface area contributed by atoms with Gasteiger partial charge in [0.2, 0.25) is 0 Å². The van der Waals surface area contributed by atoms with Crippen molar-refractivity contribution in [2.45, 2.75) is 13.5 Å². The van der Waals surface area contributed by atoms with Crippen LogP contribution in [0.25, 0.3) is 11.0 Å². The molecular weight excluding hydrogens is 226 g/mol. The van der Waals surface area contributed by atoms with Crippen LogP contribution in [0.15, 0.2) is 36.8 Å². The SMILES string of the molecule is Cc1ccccc1CNc1ncnc2[nH]ncc12. The van der Waals surface area contributed by atoms with Gasteiger partial charge in [0.05, 0.1) is 11.6 Å². The number of hydrogen-bond acceptors (Lipinski definition) is 4. The summed E-state index contributed by atoms with van der Waals surface area (Å²) in [6.07, 6.45) is 3.26. The molecule has 0 fully saturated rings. The van der Waals surface area contributed by atoms with Gasteiger partial charge in [0, 0.05) is 6.54 Å². The number of aromatic amines is 1. The van der Waals surface area contributed by atoms with E-state index in [-0.39, 0.29) is 0 Å². The fourth-order valence-corrected chi connectivity index (χ4v) is 1.89. The van der Waals surface area contributed by atoms with E-state index in [1.807, 2.05) is 12.1 Å². The van der Waals surface area contributed by atoms with E-state index >= 15 is 0 Å². The topological polar surface area (TPSA) is 66.5 Å². The van der Waals surface area contributed by atoms with Crippen molar-refractivity contribution in [1.82, 2.24) is 20.2 Å². The summed E-state index contributed by atoms with van der Waals surface area (Å²) in [5, 5.41) is 11.0. The third-order valence-corrected chi connectivity index (χ3v) is 2.96. The van der Waals surface area contributed by atoms with Gasteiger partial charge in [-0.2, -0.15) is 5.10 Å². The molecule has 90 valence electrons. The van der Waals surface area contributed by atoms with Gasteiger partial charge in [-0.05, 0) is 18.1 Å². The number of nitrogens with one attached hydrogen (secondary N) is 2. The molecule has 2 N–H and O–H groups in total. The van der Waals surface area contributed by atoms with E-state index in [1.165, 1.54) is 17.5 Å². The molecule has 0 aliphatic heterocycles. The number of aromatic nitrogens is 4. The molecule has 0 saturated heterocycles. The zero-order valence-corrected chi connectivity index (χ0v) is 10.0. The van der Waals surface area contributed by atoms with Crippen LogP contribution in [-0.2, 0) is 6.54 Å². The normalized spacial score (nSPS) is 10.7. The molecule has 2 aromatic heterocycles. The molecule has 0 amide bonds. The smallest absolute Gasteiger partial charge is 0.160 e. The van der Waals surface area contributed by atoms with Crippen molar-refractivity contribution in [2.24, 2.45) is 0 Å². The van der Waals surface area contributed by atoms with E-state index in [2.05, 4.69) is 44.5 Å². The van der Waals surface area contributed by atoms with Crippen molar-refractivity contribution in [3.05, 3.63) is 47.9 Å². The lowest BCUT2D eigenvalue weighted by molar-refractivity contribution is 1.07. The van der Waals surface area contributed by atoms with Crippen LogP contribution in [0.1, 0.15) is 11.1 Å². The number of H-pyrrole nitrogens is 1. The number of hydrogen-bond donors (Lipinski definition) is 2. The van der Waals surface area contributed by atoms with Crippen LogP contribution in [-0.4, -0.2) is 20.2 Å². The number of rotatable bonds is 3. The van der Waals surface area contributed by atoms with Crippen LogP contribution in [0.2, 0.25) is 0 Å². The van der Waals surface area contributed by atoms with Crippen LogP contribution < -0.4 is 5.32 Å². The Balaban J connectivity index is 1.85. The fourth-order valence-electron chi connectivity index (χ4n) is 1.89. The Bertz CT molecular complexity index is 674. The molecule has 5 nitrogen and oxygen atoms in total. The molecule has 0 aliphatic rings. The van der Waals surface area contributed by atoms with Crippen molar-refractivity contribution in [1.29, 1.82) is 0 Å². The minimum atomic E-state index is 0.740. The van der Waals surface area contributed by atoms with Crippen molar-refractivity contribution in [3.8, 4) is 0 Å². The standard InChI is InChI=1S/C13H13N5/c1-9-4-2-3-5-10(9)6-14-12-11-7-17-18-13(11)16-8-15-12/h2-5,7-8H,6H2,1H3,(H2,14,15,16,17,18). The van der Waals surface area contributed by atoms with Gasteiger partial charge in [-0.15, -0.1) is 0 Å². The summed E-state index contributed by atoms with van der Waals surface area (Å²) >= 11 is 0. The molecule has 5 heteroatoms. The maximum atomic E-state index is 4.24. The highest BCUT2D eigenvalue weighted by molar-refractivity contribution is 5.85. The maximum Gasteiger partial charge on any atom is 0.160 e. The predicted octanol–water partition coefficient (Wildman–Crippen LogP) is 2.27. The Morgan fingerprint density at radius 2 is 2.11 bits per heavy atom. The molecule has 0 aliphatic carbocycles. The molecule has 0 spiro atoms. The Morgan fingerprint density at radius 3 is 3.00 bits per heavy atom. The summed E-state index contributed by atoms with van der Waals surface area (Å²) in [7, 11) is 0. The second kappa shape index (κ2) is 4.44. The summed E-state index contributed by atoms with van der Waals surface area (Å²) in [5.74, 6) is 0.803. The summed E-state index contributed by atoms with van der Waals surface area (Å²) in [6.45, 7) is 2.84. The molecule has 2 heterocycles. The lowest BCUT2D eigenvalue weighted by Gasteiger charge is -2.08. The second-order valence-corrected chi connectivity index (χ2v) is 4.13. The zero-order chi connectivity index (χ0) is 12.4. The first-order valence-electron chi connectivity index (χ1n) is 5.77. The second-order valence-electron chi connectivity index (χ2n) is 4.13. The molecule has 3 aromatic rings. The largest absolute Gasteiger partial charge is 0.365 e. The van der Waals surface area contributed by atoms with Crippen LogP contribution in [0.4, 0.5) is 5.82 Å². The van der Waals surface area contributed by atoms with Gasteiger partial charge >= 0.3 is 0 Å². The van der Waals surface area contributed by atoms with Gasteiger partial charge in [-0.3, -0.25) is 5.10 Å². The van der Waals surface area contributed by atoms with E-state index < -0.39 is 0 Å². The third-order valence-electron chi connectivity index (χ3n) is 2.96. The molecule has 18 heavy (non-hydrogen) atoms. The predicted molar refractivity (Wildman–Crippen MR) is 70.2 cm³/mol. The maximum absolute atomic E-state index is 4.24. The van der Waals surface area contributed by atoms with Crippen molar-refractivity contribution in [3.63, 3.8) is 0 Å². The van der Waals surface area contributed by atoms with Gasteiger partial charge in [-0.1, -0.05) is 24.3 Å². The van der Waals surface area contributed by atoms with Gasteiger partial charge in [0.1, 0.15) is 12.1 Å². The molecule has 0 radical (unpaired) electrons. The molecular formula is C13H13N5. The first-order chi connectivity index (χ1) is 8.84. The monoisotopic (exact) mass is 239 g/mol. The number of benzene rings is 1. The highest BCUT2D eigenvalue weighted by Crippen LogP contribution is 2.17. The Hall–Kier alpha value is -2.43. The van der Waals surface area contributed by atoms with E-state index in [1.54, 1.807) is 6.20 Å². The van der Waals surface area contributed by atoms with Crippen LogP contribution in [0.3, 0.4) is 0 Å². The van der Waals surface area contributed by atoms with E-state index in [0.717, 1.165) is 23.4 Å². The summed E-state index contributed by atoms with van der Waals surface area (Å²) < 4.78 is 0. The highest BCUT2D eigenvalue weighted by atomic mass is 15.2. The van der Waals surface area contributed by atoms with Crippen LogP contribution in [0.5, 0.6) is 0 Å². The quantitative estimate of drug-likeness (QED) is 0.735. The van der Waals surface area contributed by atoms with Crippen molar-refractivity contribution >= 4 is 16.9 Å². The number of aryl methyl sites for hydroxylation is 1. The van der Waals surface area contributed by atoms with Gasteiger partial charge in [0.25, 0.3) is 0 Å². The lowest BCUT2D eigenvalue weighted by Crippen LogP contribution is -2.03. The van der Waals surface area contributed by atoms with Crippen molar-refractivity contribution < 1.29 is 0 Å². The van der Waals surface area contributed by atoms with Crippen molar-refractivity contribution in [2.75, 3.05) is 5.32 Å². The summed E-state index contributed by atoms with van der Waals surface area (Å²) in [4.78, 5) is 8.35. The molecule has 0 unspecified atom stereocenters. The molecule has 1 aromatic carbocycles. The minimum absolute atomic E-state index is 0.740. The average molecular weight is 239 g/mol. The van der Waals surface area contributed by atoms with Gasteiger partial charge in [-0.25, -0.2) is 9.97 Å². The zero-order valence-electron chi connectivity index (χ0n) is 10.0. The van der Waals surface area contributed by atoms with Gasteiger partial charge in [0.15, 0.2) is 5.65 Å². The lowest BCUT2D eigenvalue weighted by atomic mass is 10.1. The molecule has 0 atom stereocenters. The Labute approximate surface area is 104 Å². The number of nitrogens with zero attached hydrogens (tertiary/aromatic N) is 3. The van der Waals surface area contributed by atoms with Crippen LogP contribution in [0, 0.1) is 6.92 Å². The Kier molecular flexibility index (Phi) is 2.64. The first-order valence-corrected chi connectivity index (χ1v) is 5.77. The number of anilines is 1. The number of fused-ring (bicyclic) bond motifs is 1. The molecule has 3 rings (SSSR count).